The molecule has 0 amide bonds. The van der Waals surface area contributed by atoms with E-state index in [2.05, 4.69) is 6.58 Å². The third-order valence-electron chi connectivity index (χ3n) is 1.60. The first kappa shape index (κ1) is 6.33. The van der Waals surface area contributed by atoms with Crippen molar-refractivity contribution in [3.63, 3.8) is 0 Å². The first-order valence-electron chi connectivity index (χ1n) is 3.02. The van der Waals surface area contributed by atoms with Gasteiger partial charge < -0.3 is 4.74 Å². The van der Waals surface area contributed by atoms with Gasteiger partial charge in [-0.25, -0.2) is 0 Å². The molecule has 1 aliphatic heterocycles. The minimum atomic E-state index is -0.378. The number of hydrogen-bond acceptors (Lipinski definition) is 2. The molecule has 9 heavy (non-hydrogen) atoms. The van der Waals surface area contributed by atoms with Crippen LogP contribution in [0.15, 0.2) is 12.7 Å². The lowest BCUT2D eigenvalue weighted by atomic mass is 10.0. The first-order chi connectivity index (χ1) is 4.16. The molecule has 1 saturated heterocycles. The van der Waals surface area contributed by atoms with E-state index in [1.807, 2.05) is 6.92 Å². The van der Waals surface area contributed by atoms with Crippen LogP contribution in [-0.2, 0) is 9.53 Å². The third-order valence-corrected chi connectivity index (χ3v) is 1.60. The molecule has 0 aliphatic carbocycles. The number of cyclic esters (lactones) is 1. The van der Waals surface area contributed by atoms with Crippen LogP contribution < -0.4 is 0 Å². The van der Waals surface area contributed by atoms with Gasteiger partial charge in [0.25, 0.3) is 0 Å². The van der Waals surface area contributed by atoms with Crippen LogP contribution in [0.4, 0.5) is 0 Å². The maximum atomic E-state index is 10.5. The summed E-state index contributed by atoms with van der Waals surface area (Å²) in [7, 11) is 0. The topological polar surface area (TPSA) is 26.3 Å². The molecule has 2 nitrogen and oxygen atoms in total. The van der Waals surface area contributed by atoms with Gasteiger partial charge in [0.05, 0.1) is 0 Å². The van der Waals surface area contributed by atoms with Crippen molar-refractivity contribution in [2.75, 3.05) is 0 Å². The Labute approximate surface area is 54.5 Å². The molecule has 0 bridgehead atoms. The summed E-state index contributed by atoms with van der Waals surface area (Å²) < 4.78 is 4.94. The Hall–Kier alpha value is -0.790. The van der Waals surface area contributed by atoms with Crippen LogP contribution >= 0.6 is 0 Å². The van der Waals surface area contributed by atoms with E-state index in [1.165, 1.54) is 0 Å². The molecular formula is C7H10O2. The maximum absolute atomic E-state index is 10.5. The Balaban J connectivity index is 2.65. The lowest BCUT2D eigenvalue weighted by Crippen LogP contribution is -2.19. The van der Waals surface area contributed by atoms with Crippen LogP contribution in [-0.4, -0.2) is 11.6 Å². The van der Waals surface area contributed by atoms with E-state index in [9.17, 15) is 4.79 Å². The van der Waals surface area contributed by atoms with Crippen LogP contribution in [0.1, 0.15) is 19.8 Å². The van der Waals surface area contributed by atoms with Gasteiger partial charge in [-0.15, -0.1) is 0 Å². The second kappa shape index (κ2) is 1.87. The molecule has 0 unspecified atom stereocenters. The molecule has 0 aromatic carbocycles. The molecule has 0 aromatic heterocycles. The highest BCUT2D eigenvalue weighted by Crippen LogP contribution is 2.26. The number of carbonyl (C=O) groups is 1. The lowest BCUT2D eigenvalue weighted by Gasteiger charge is -2.15. The van der Waals surface area contributed by atoms with E-state index in [4.69, 9.17) is 4.74 Å². The predicted octanol–water partition coefficient (Wildman–Crippen LogP) is 1.27. The van der Waals surface area contributed by atoms with Crippen LogP contribution in [0, 0.1) is 0 Å². The zero-order chi connectivity index (χ0) is 6.91. The van der Waals surface area contributed by atoms with E-state index >= 15 is 0 Å². The van der Waals surface area contributed by atoms with Crippen LogP contribution in [0.3, 0.4) is 0 Å². The molecule has 0 spiro atoms. The summed E-state index contributed by atoms with van der Waals surface area (Å²) in [6, 6.07) is 0. The van der Waals surface area contributed by atoms with E-state index in [0.29, 0.717) is 6.42 Å². The monoisotopic (exact) mass is 126 g/mol. The molecule has 50 valence electrons. The Morgan fingerprint density at radius 2 is 2.56 bits per heavy atom. The van der Waals surface area contributed by atoms with E-state index in [0.717, 1.165) is 6.42 Å². The van der Waals surface area contributed by atoms with Gasteiger partial charge in [-0.2, -0.15) is 0 Å². The summed E-state index contributed by atoms with van der Waals surface area (Å²) in [6.07, 6.45) is 2.98. The number of ether oxygens (including phenoxy) is 1. The van der Waals surface area contributed by atoms with Gasteiger partial charge in [0.1, 0.15) is 5.60 Å². The molecule has 1 aliphatic rings. The standard InChI is InChI=1S/C7H10O2/c1-3-7(2)5-4-6(8)9-7/h3H,1,4-5H2,2H3/t7-/m1/s1. The fraction of sp³-hybridized carbons (Fsp3) is 0.571. The maximum Gasteiger partial charge on any atom is 0.306 e. The van der Waals surface area contributed by atoms with Gasteiger partial charge in [0, 0.05) is 12.8 Å². The summed E-state index contributed by atoms with van der Waals surface area (Å²) in [4.78, 5) is 10.5. The molecule has 1 heterocycles. The number of hydrogen-bond donors (Lipinski definition) is 0. The average Bonchev–Trinajstić information content (AvgIpc) is 2.13. The normalized spacial score (nSPS) is 34.1. The Bertz CT molecular complexity index is 151. The third kappa shape index (κ3) is 1.12. The minimum absolute atomic E-state index is 0.114. The summed E-state index contributed by atoms with van der Waals surface area (Å²) in [5.74, 6) is -0.114. The number of carbonyl (C=O) groups excluding carboxylic acids is 1. The highest BCUT2D eigenvalue weighted by Gasteiger charge is 2.32. The molecule has 0 aromatic rings. The van der Waals surface area contributed by atoms with Crippen LogP contribution in [0.5, 0.6) is 0 Å². The molecule has 2 heteroatoms. The van der Waals surface area contributed by atoms with Gasteiger partial charge in [0.2, 0.25) is 0 Å². The van der Waals surface area contributed by atoms with Crippen LogP contribution in [0.2, 0.25) is 0 Å². The molecule has 1 rings (SSSR count). The van der Waals surface area contributed by atoms with Crippen LogP contribution in [0.25, 0.3) is 0 Å². The van der Waals surface area contributed by atoms with Gasteiger partial charge in [-0.05, 0) is 13.0 Å². The van der Waals surface area contributed by atoms with Gasteiger partial charge in [0.15, 0.2) is 0 Å². The van der Waals surface area contributed by atoms with Gasteiger partial charge in [-0.3, -0.25) is 4.79 Å². The summed E-state index contributed by atoms with van der Waals surface area (Å²) in [5.41, 5.74) is -0.378. The van der Waals surface area contributed by atoms with Crippen molar-refractivity contribution in [1.82, 2.24) is 0 Å². The van der Waals surface area contributed by atoms with Crippen molar-refractivity contribution in [3.8, 4) is 0 Å². The highest BCUT2D eigenvalue weighted by atomic mass is 16.6. The second-order valence-electron chi connectivity index (χ2n) is 2.49. The highest BCUT2D eigenvalue weighted by molar-refractivity contribution is 5.72. The predicted molar refractivity (Wildman–Crippen MR) is 33.9 cm³/mol. The van der Waals surface area contributed by atoms with Crippen molar-refractivity contribution in [2.45, 2.75) is 25.4 Å². The largest absolute Gasteiger partial charge is 0.455 e. The first-order valence-corrected chi connectivity index (χ1v) is 3.02. The summed E-state index contributed by atoms with van der Waals surface area (Å²) in [5, 5.41) is 0. The fourth-order valence-corrected chi connectivity index (χ4v) is 0.856. The molecule has 0 saturated carbocycles. The average molecular weight is 126 g/mol. The van der Waals surface area contributed by atoms with Crippen molar-refractivity contribution < 1.29 is 9.53 Å². The van der Waals surface area contributed by atoms with E-state index in [-0.39, 0.29) is 11.6 Å². The lowest BCUT2D eigenvalue weighted by molar-refractivity contribution is -0.144. The second-order valence-corrected chi connectivity index (χ2v) is 2.49. The molecule has 1 atom stereocenters. The quantitative estimate of drug-likeness (QED) is 0.390. The Morgan fingerprint density at radius 3 is 2.78 bits per heavy atom. The molecule has 0 radical (unpaired) electrons. The number of esters is 1. The smallest absolute Gasteiger partial charge is 0.306 e. The Morgan fingerprint density at radius 1 is 1.89 bits per heavy atom. The van der Waals surface area contributed by atoms with E-state index in [1.54, 1.807) is 6.08 Å². The van der Waals surface area contributed by atoms with Crippen molar-refractivity contribution in [1.29, 1.82) is 0 Å². The SMILES string of the molecule is C=C[C@]1(C)CCC(=O)O1. The van der Waals surface area contributed by atoms with Crippen molar-refractivity contribution in [3.05, 3.63) is 12.7 Å². The zero-order valence-corrected chi connectivity index (χ0v) is 5.52. The van der Waals surface area contributed by atoms with Gasteiger partial charge in [-0.1, -0.05) is 6.58 Å². The fourth-order valence-electron chi connectivity index (χ4n) is 0.856. The summed E-state index contributed by atoms with van der Waals surface area (Å²) >= 11 is 0. The summed E-state index contributed by atoms with van der Waals surface area (Å²) in [6.45, 7) is 5.44. The van der Waals surface area contributed by atoms with Gasteiger partial charge >= 0.3 is 5.97 Å². The molecule has 1 fully saturated rings. The molecular weight excluding hydrogens is 116 g/mol. The Kier molecular flexibility index (Phi) is 1.31. The number of rotatable bonds is 1. The molecule has 0 N–H and O–H groups in total. The van der Waals surface area contributed by atoms with Crippen molar-refractivity contribution >= 4 is 5.97 Å². The zero-order valence-electron chi connectivity index (χ0n) is 5.52. The minimum Gasteiger partial charge on any atom is -0.455 e. The van der Waals surface area contributed by atoms with Crippen molar-refractivity contribution in [2.24, 2.45) is 0 Å². The van der Waals surface area contributed by atoms with E-state index < -0.39 is 0 Å².